The van der Waals surface area contributed by atoms with Gasteiger partial charge >= 0.3 is 0 Å². The Morgan fingerprint density at radius 3 is 2.65 bits per heavy atom. The van der Waals surface area contributed by atoms with Crippen molar-refractivity contribution in [2.45, 2.75) is 5.37 Å². The molecular weight excluding hydrogens is 313 g/mol. The molecule has 3 rings (SSSR count). The van der Waals surface area contributed by atoms with Gasteiger partial charge in [-0.05, 0) is 29.8 Å². The number of benzene rings is 2. The van der Waals surface area contributed by atoms with Crippen molar-refractivity contribution in [1.29, 1.82) is 0 Å². The molecule has 1 heterocycles. The van der Waals surface area contributed by atoms with E-state index in [0.717, 1.165) is 11.3 Å². The van der Waals surface area contributed by atoms with Crippen LogP contribution in [0.1, 0.15) is 10.9 Å². The number of carbonyl (C=O) groups is 1. The molecule has 2 aromatic rings. The highest BCUT2D eigenvalue weighted by Gasteiger charge is 2.34. The van der Waals surface area contributed by atoms with Crippen LogP contribution in [0.15, 0.2) is 48.5 Å². The van der Waals surface area contributed by atoms with Crippen molar-refractivity contribution in [3.8, 4) is 0 Å². The average molecular weight is 324 g/mol. The van der Waals surface area contributed by atoms with Crippen LogP contribution in [0.2, 0.25) is 10.0 Å². The zero-order valence-electron chi connectivity index (χ0n) is 10.4. The summed E-state index contributed by atoms with van der Waals surface area (Å²) in [6, 6.07) is 15.0. The molecule has 1 unspecified atom stereocenters. The van der Waals surface area contributed by atoms with Crippen LogP contribution in [0.25, 0.3) is 0 Å². The number of thioether (sulfide) groups is 1. The van der Waals surface area contributed by atoms with Gasteiger partial charge in [0.2, 0.25) is 5.91 Å². The Hall–Kier alpha value is -1.16. The third-order valence-electron chi connectivity index (χ3n) is 3.11. The predicted molar refractivity (Wildman–Crippen MR) is 85.6 cm³/mol. The van der Waals surface area contributed by atoms with Crippen molar-refractivity contribution in [2.24, 2.45) is 0 Å². The number of para-hydroxylation sites is 1. The molecule has 0 spiro atoms. The molecule has 1 aliphatic heterocycles. The number of halogens is 2. The molecule has 1 aliphatic rings. The lowest BCUT2D eigenvalue weighted by molar-refractivity contribution is -0.115. The highest BCUT2D eigenvalue weighted by molar-refractivity contribution is 8.00. The lowest BCUT2D eigenvalue weighted by atomic mass is 10.2. The predicted octanol–water partition coefficient (Wildman–Crippen LogP) is 4.77. The van der Waals surface area contributed by atoms with Gasteiger partial charge in [-0.1, -0.05) is 47.5 Å². The Morgan fingerprint density at radius 1 is 1.10 bits per heavy atom. The van der Waals surface area contributed by atoms with Gasteiger partial charge in [0.05, 0.1) is 16.5 Å². The molecule has 1 saturated heterocycles. The molecule has 2 nitrogen and oxygen atoms in total. The number of carbonyl (C=O) groups excluding carboxylic acids is 1. The summed E-state index contributed by atoms with van der Waals surface area (Å²) >= 11 is 13.9. The SMILES string of the molecule is O=C1CSC(c2cccc(Cl)c2)N1c1ccccc1Cl. The van der Waals surface area contributed by atoms with E-state index < -0.39 is 0 Å². The van der Waals surface area contributed by atoms with Gasteiger partial charge in [0, 0.05) is 5.02 Å². The van der Waals surface area contributed by atoms with Gasteiger partial charge in [0.1, 0.15) is 5.37 Å². The number of amides is 1. The fourth-order valence-electron chi connectivity index (χ4n) is 2.24. The monoisotopic (exact) mass is 323 g/mol. The first-order valence-electron chi connectivity index (χ1n) is 6.10. The van der Waals surface area contributed by atoms with E-state index in [1.54, 1.807) is 22.7 Å². The summed E-state index contributed by atoms with van der Waals surface area (Å²) in [5.41, 5.74) is 1.75. The van der Waals surface area contributed by atoms with Gasteiger partial charge in [-0.15, -0.1) is 11.8 Å². The Kier molecular flexibility index (Phi) is 3.92. The van der Waals surface area contributed by atoms with E-state index in [0.29, 0.717) is 15.8 Å². The number of anilines is 1. The molecule has 0 N–H and O–H groups in total. The zero-order valence-corrected chi connectivity index (χ0v) is 12.8. The van der Waals surface area contributed by atoms with Crippen LogP contribution in [0.3, 0.4) is 0 Å². The maximum absolute atomic E-state index is 12.2. The molecule has 2 aromatic carbocycles. The van der Waals surface area contributed by atoms with E-state index in [1.165, 1.54) is 0 Å². The maximum atomic E-state index is 12.2. The van der Waals surface area contributed by atoms with Crippen LogP contribution in [0.5, 0.6) is 0 Å². The minimum atomic E-state index is -0.0823. The number of nitrogens with zero attached hydrogens (tertiary/aromatic N) is 1. The quantitative estimate of drug-likeness (QED) is 0.793. The fraction of sp³-hybridized carbons (Fsp3) is 0.133. The summed E-state index contributed by atoms with van der Waals surface area (Å²) in [6.45, 7) is 0. The second-order valence-corrected chi connectivity index (χ2v) is 6.35. The first-order valence-corrected chi connectivity index (χ1v) is 7.91. The van der Waals surface area contributed by atoms with Crippen LogP contribution in [0, 0.1) is 0 Å². The minimum Gasteiger partial charge on any atom is -0.294 e. The van der Waals surface area contributed by atoms with Gasteiger partial charge in [-0.25, -0.2) is 0 Å². The normalized spacial score (nSPS) is 18.6. The molecule has 1 amide bonds. The number of rotatable bonds is 2. The lowest BCUT2D eigenvalue weighted by Gasteiger charge is -2.25. The molecule has 102 valence electrons. The van der Waals surface area contributed by atoms with E-state index in [-0.39, 0.29) is 11.3 Å². The molecule has 0 saturated carbocycles. The lowest BCUT2D eigenvalue weighted by Crippen LogP contribution is -2.28. The molecular formula is C15H11Cl2NOS. The summed E-state index contributed by atoms with van der Waals surface area (Å²) in [5.74, 6) is 0.510. The second-order valence-electron chi connectivity index (χ2n) is 4.43. The van der Waals surface area contributed by atoms with Crippen LogP contribution in [-0.2, 0) is 4.79 Å². The third-order valence-corrected chi connectivity index (χ3v) is 4.88. The Labute approximate surface area is 131 Å². The highest BCUT2D eigenvalue weighted by Crippen LogP contribution is 2.44. The molecule has 1 fully saturated rings. The van der Waals surface area contributed by atoms with E-state index >= 15 is 0 Å². The summed E-state index contributed by atoms with van der Waals surface area (Å²) in [7, 11) is 0. The molecule has 20 heavy (non-hydrogen) atoms. The van der Waals surface area contributed by atoms with Crippen LogP contribution in [0.4, 0.5) is 5.69 Å². The Morgan fingerprint density at radius 2 is 1.90 bits per heavy atom. The van der Waals surface area contributed by atoms with E-state index in [9.17, 15) is 4.79 Å². The van der Waals surface area contributed by atoms with Crippen molar-refractivity contribution in [1.82, 2.24) is 0 Å². The smallest absolute Gasteiger partial charge is 0.238 e. The van der Waals surface area contributed by atoms with Crippen LogP contribution >= 0.6 is 35.0 Å². The summed E-state index contributed by atoms with van der Waals surface area (Å²) in [5, 5.41) is 1.16. The van der Waals surface area contributed by atoms with Gasteiger partial charge in [-0.3, -0.25) is 9.69 Å². The molecule has 1 atom stereocenters. The number of hydrogen-bond donors (Lipinski definition) is 0. The van der Waals surface area contributed by atoms with Crippen LogP contribution < -0.4 is 4.90 Å². The minimum absolute atomic E-state index is 0.0630. The molecule has 0 bridgehead atoms. The summed E-state index contributed by atoms with van der Waals surface area (Å²) in [6.07, 6.45) is 0. The summed E-state index contributed by atoms with van der Waals surface area (Å²) in [4.78, 5) is 14.0. The van der Waals surface area contributed by atoms with Gasteiger partial charge in [0.25, 0.3) is 0 Å². The average Bonchev–Trinajstić information content (AvgIpc) is 2.81. The summed E-state index contributed by atoms with van der Waals surface area (Å²) < 4.78 is 0. The van der Waals surface area contributed by atoms with Crippen LogP contribution in [-0.4, -0.2) is 11.7 Å². The number of hydrogen-bond acceptors (Lipinski definition) is 2. The molecule has 0 aromatic heterocycles. The van der Waals surface area contributed by atoms with Crippen molar-refractivity contribution in [3.63, 3.8) is 0 Å². The van der Waals surface area contributed by atoms with Gasteiger partial charge < -0.3 is 0 Å². The fourth-order valence-corrected chi connectivity index (χ4v) is 3.82. The van der Waals surface area contributed by atoms with E-state index in [1.807, 2.05) is 42.5 Å². The van der Waals surface area contributed by atoms with Crippen molar-refractivity contribution >= 4 is 46.6 Å². The van der Waals surface area contributed by atoms with Crippen molar-refractivity contribution < 1.29 is 4.79 Å². The first-order chi connectivity index (χ1) is 9.66. The molecule has 0 radical (unpaired) electrons. The Balaban J connectivity index is 2.03. The van der Waals surface area contributed by atoms with E-state index in [2.05, 4.69) is 0 Å². The first kappa shape index (κ1) is 13.8. The zero-order chi connectivity index (χ0) is 14.1. The standard InChI is InChI=1S/C15H11Cl2NOS/c16-11-5-3-4-10(8-11)15-18(14(19)9-20-15)13-7-2-1-6-12(13)17/h1-8,15H,9H2. The second kappa shape index (κ2) is 5.68. The Bertz CT molecular complexity index is 662. The molecule has 5 heteroatoms. The maximum Gasteiger partial charge on any atom is 0.238 e. The van der Waals surface area contributed by atoms with Gasteiger partial charge in [-0.2, -0.15) is 0 Å². The van der Waals surface area contributed by atoms with Gasteiger partial charge in [0.15, 0.2) is 0 Å². The van der Waals surface area contributed by atoms with E-state index in [4.69, 9.17) is 23.2 Å². The topological polar surface area (TPSA) is 20.3 Å². The largest absolute Gasteiger partial charge is 0.294 e. The van der Waals surface area contributed by atoms with Crippen molar-refractivity contribution in [3.05, 3.63) is 64.1 Å². The highest BCUT2D eigenvalue weighted by atomic mass is 35.5. The third kappa shape index (κ3) is 2.53. The van der Waals surface area contributed by atoms with Crippen molar-refractivity contribution in [2.75, 3.05) is 10.7 Å². The molecule has 0 aliphatic carbocycles.